The summed E-state index contributed by atoms with van der Waals surface area (Å²) in [4.78, 5) is 4.00. The van der Waals surface area contributed by atoms with Gasteiger partial charge in [0.05, 0.1) is 5.70 Å². The van der Waals surface area contributed by atoms with E-state index in [1.165, 1.54) is 0 Å². The summed E-state index contributed by atoms with van der Waals surface area (Å²) in [7, 11) is 0. The summed E-state index contributed by atoms with van der Waals surface area (Å²) in [5.41, 5.74) is 6.20. The Bertz CT molecular complexity index is 306. The quantitative estimate of drug-likeness (QED) is 0.269. The number of nitriles is 1. The molecule has 4 heteroatoms. The van der Waals surface area contributed by atoms with Crippen LogP contribution in [0, 0.1) is 17.4 Å². The van der Waals surface area contributed by atoms with E-state index in [0.29, 0.717) is 5.92 Å². The highest BCUT2D eigenvalue weighted by Gasteiger charge is 2.02. The van der Waals surface area contributed by atoms with Crippen LogP contribution in [-0.4, -0.2) is 5.96 Å². The zero-order valence-electron chi connectivity index (χ0n) is 7.49. The fourth-order valence-electron chi connectivity index (χ4n) is 1.02. The van der Waals surface area contributed by atoms with Crippen LogP contribution in [0.1, 0.15) is 13.3 Å². The second kappa shape index (κ2) is 4.31. The number of hydrogen-bond donors (Lipinski definition) is 2. The average molecular weight is 176 g/mol. The van der Waals surface area contributed by atoms with E-state index in [9.17, 15) is 0 Å². The summed E-state index contributed by atoms with van der Waals surface area (Å²) in [6.07, 6.45) is 8.64. The molecule has 0 fully saturated rings. The molecule has 0 radical (unpaired) electrons. The fourth-order valence-corrected chi connectivity index (χ4v) is 1.02. The van der Waals surface area contributed by atoms with E-state index < -0.39 is 0 Å². The Morgan fingerprint density at radius 3 is 3.15 bits per heavy atom. The van der Waals surface area contributed by atoms with Crippen molar-refractivity contribution in [2.75, 3.05) is 0 Å². The third-order valence-electron chi connectivity index (χ3n) is 1.73. The lowest BCUT2D eigenvalue weighted by molar-refractivity contribution is 0.729. The van der Waals surface area contributed by atoms with Crippen molar-refractivity contribution in [1.82, 2.24) is 5.32 Å². The van der Waals surface area contributed by atoms with Gasteiger partial charge in [-0.05, 0) is 18.4 Å². The molecule has 0 aromatic heterocycles. The second-order valence-electron chi connectivity index (χ2n) is 2.93. The maximum absolute atomic E-state index is 8.25. The van der Waals surface area contributed by atoms with Gasteiger partial charge in [0.2, 0.25) is 5.96 Å². The maximum Gasteiger partial charge on any atom is 0.207 e. The summed E-state index contributed by atoms with van der Waals surface area (Å²) in [6.45, 7) is 2.13. The van der Waals surface area contributed by atoms with E-state index in [2.05, 4.69) is 23.3 Å². The van der Waals surface area contributed by atoms with Gasteiger partial charge in [-0.1, -0.05) is 19.1 Å². The maximum atomic E-state index is 8.25. The highest BCUT2D eigenvalue weighted by atomic mass is 15.1. The number of hydrogen-bond acceptors (Lipinski definition) is 2. The minimum absolute atomic E-state index is 0.132. The standard InChI is InChI=1S/C9H12N4/c1-7-2-4-8(5-3-7)13-9(11)12-6-10/h2,4-5,7H,3H2,1H3,(H3,11,12,13). The Balaban J connectivity index is 2.61. The molecule has 0 aromatic carbocycles. The van der Waals surface area contributed by atoms with Gasteiger partial charge in [0.15, 0.2) is 6.19 Å². The molecule has 68 valence electrons. The summed E-state index contributed by atoms with van der Waals surface area (Å²) < 4.78 is 0. The van der Waals surface area contributed by atoms with Crippen molar-refractivity contribution in [3.63, 3.8) is 0 Å². The van der Waals surface area contributed by atoms with Crippen LogP contribution in [0.4, 0.5) is 0 Å². The Morgan fingerprint density at radius 1 is 1.85 bits per heavy atom. The number of nitrogens with zero attached hydrogens (tertiary/aromatic N) is 2. The fraction of sp³-hybridized carbons (Fsp3) is 0.333. The minimum Gasteiger partial charge on any atom is -0.369 e. The minimum atomic E-state index is 0.132. The summed E-state index contributed by atoms with van der Waals surface area (Å²) >= 11 is 0. The van der Waals surface area contributed by atoms with Gasteiger partial charge in [-0.15, -0.1) is 0 Å². The summed E-state index contributed by atoms with van der Waals surface area (Å²) in [5, 5.41) is 10.5. The molecule has 0 amide bonds. The second-order valence-corrected chi connectivity index (χ2v) is 2.93. The van der Waals surface area contributed by atoms with E-state index in [0.717, 1.165) is 12.1 Å². The van der Waals surface area contributed by atoms with Crippen LogP contribution in [0.2, 0.25) is 0 Å². The summed E-state index contributed by atoms with van der Waals surface area (Å²) in [5.74, 6) is 0.692. The van der Waals surface area contributed by atoms with Gasteiger partial charge in [-0.2, -0.15) is 5.26 Å². The van der Waals surface area contributed by atoms with Crippen molar-refractivity contribution in [3.8, 4) is 6.19 Å². The Labute approximate surface area is 77.5 Å². The van der Waals surface area contributed by atoms with Crippen molar-refractivity contribution < 1.29 is 0 Å². The largest absolute Gasteiger partial charge is 0.369 e. The van der Waals surface area contributed by atoms with Crippen molar-refractivity contribution in [1.29, 1.82) is 5.26 Å². The van der Waals surface area contributed by atoms with E-state index in [-0.39, 0.29) is 5.96 Å². The lowest BCUT2D eigenvalue weighted by atomic mass is 10.0. The summed E-state index contributed by atoms with van der Waals surface area (Å²) in [6, 6.07) is 0. The molecule has 1 aliphatic rings. The number of guanidine groups is 1. The monoisotopic (exact) mass is 176 g/mol. The first-order valence-corrected chi connectivity index (χ1v) is 4.10. The number of allylic oxidation sites excluding steroid dienone is 3. The van der Waals surface area contributed by atoms with Crippen molar-refractivity contribution in [2.24, 2.45) is 16.6 Å². The number of rotatable bonds is 1. The lowest BCUT2D eigenvalue weighted by Gasteiger charge is -2.08. The van der Waals surface area contributed by atoms with Crippen LogP contribution in [-0.2, 0) is 0 Å². The Morgan fingerprint density at radius 2 is 2.62 bits per heavy atom. The topological polar surface area (TPSA) is 74.2 Å². The van der Waals surface area contributed by atoms with Crippen molar-refractivity contribution >= 4 is 5.96 Å². The highest BCUT2D eigenvalue weighted by molar-refractivity contribution is 5.80. The van der Waals surface area contributed by atoms with Crippen LogP contribution in [0.15, 0.2) is 28.9 Å². The molecule has 1 rings (SSSR count). The molecule has 1 aliphatic carbocycles. The molecule has 0 heterocycles. The first kappa shape index (κ1) is 9.33. The predicted molar refractivity (Wildman–Crippen MR) is 51.4 cm³/mol. The highest BCUT2D eigenvalue weighted by Crippen LogP contribution is 2.15. The number of aliphatic imine (C=N–C) groups is 1. The number of nitrogens with two attached hydrogens (primary N) is 1. The molecule has 1 atom stereocenters. The lowest BCUT2D eigenvalue weighted by Crippen LogP contribution is -2.27. The van der Waals surface area contributed by atoms with Crippen LogP contribution in [0.3, 0.4) is 0 Å². The predicted octanol–water partition coefficient (Wildman–Crippen LogP) is 0.852. The van der Waals surface area contributed by atoms with E-state index >= 15 is 0 Å². The zero-order chi connectivity index (χ0) is 9.68. The Kier molecular flexibility index (Phi) is 3.09. The van der Waals surface area contributed by atoms with Crippen LogP contribution in [0.5, 0.6) is 0 Å². The molecule has 4 nitrogen and oxygen atoms in total. The van der Waals surface area contributed by atoms with Gasteiger partial charge in [0, 0.05) is 0 Å². The normalized spacial score (nSPS) is 22.0. The molecule has 0 saturated carbocycles. The van der Waals surface area contributed by atoms with Crippen LogP contribution < -0.4 is 11.1 Å². The van der Waals surface area contributed by atoms with Crippen molar-refractivity contribution in [3.05, 3.63) is 23.9 Å². The van der Waals surface area contributed by atoms with Crippen molar-refractivity contribution in [2.45, 2.75) is 13.3 Å². The van der Waals surface area contributed by atoms with Gasteiger partial charge in [-0.25, -0.2) is 4.99 Å². The van der Waals surface area contributed by atoms with E-state index in [4.69, 9.17) is 11.0 Å². The smallest absolute Gasteiger partial charge is 0.207 e. The SMILES string of the molecule is CC1C=CC(N=C(N)NC#N)=CC1. The first-order chi connectivity index (χ1) is 6.22. The zero-order valence-corrected chi connectivity index (χ0v) is 7.49. The molecule has 1 unspecified atom stereocenters. The molecular formula is C9H12N4. The third kappa shape index (κ3) is 2.99. The van der Waals surface area contributed by atoms with E-state index in [1.807, 2.05) is 12.2 Å². The molecule has 0 bridgehead atoms. The first-order valence-electron chi connectivity index (χ1n) is 4.10. The van der Waals surface area contributed by atoms with Gasteiger partial charge in [0.1, 0.15) is 0 Å². The third-order valence-corrected chi connectivity index (χ3v) is 1.73. The molecule has 13 heavy (non-hydrogen) atoms. The molecule has 0 saturated heterocycles. The molecule has 0 spiro atoms. The molecule has 0 aromatic rings. The molecule has 0 aliphatic heterocycles. The van der Waals surface area contributed by atoms with Crippen LogP contribution in [0.25, 0.3) is 0 Å². The average Bonchev–Trinajstić information content (AvgIpc) is 2.09. The number of nitrogens with one attached hydrogen (secondary N) is 1. The van der Waals surface area contributed by atoms with Gasteiger partial charge < -0.3 is 5.73 Å². The van der Waals surface area contributed by atoms with Gasteiger partial charge >= 0.3 is 0 Å². The molecule has 3 N–H and O–H groups in total. The van der Waals surface area contributed by atoms with Gasteiger partial charge in [-0.3, -0.25) is 5.32 Å². The van der Waals surface area contributed by atoms with Gasteiger partial charge in [0.25, 0.3) is 0 Å². The molecular weight excluding hydrogens is 164 g/mol. The van der Waals surface area contributed by atoms with E-state index in [1.54, 1.807) is 6.19 Å². The Hall–Kier alpha value is -1.76. The van der Waals surface area contributed by atoms with Crippen LogP contribution >= 0.6 is 0 Å².